The molecule has 0 N–H and O–H groups in total. The summed E-state index contributed by atoms with van der Waals surface area (Å²) >= 11 is 0. The van der Waals surface area contributed by atoms with Crippen LogP contribution in [-0.2, 0) is 18.9 Å². The SMILES string of the molecule is CCCCCCCCCCCCCCCCOCCOCCOCCOCCN(C)C. The second-order valence-electron chi connectivity index (χ2n) is 8.85. The number of nitrogens with zero attached hydrogens (tertiary/aromatic N) is 1. The first kappa shape index (κ1) is 30.8. The van der Waals surface area contributed by atoms with Crippen LogP contribution in [0.25, 0.3) is 0 Å². The largest absolute Gasteiger partial charge is 0.379 e. The minimum atomic E-state index is 0.621. The zero-order valence-electron chi connectivity index (χ0n) is 21.3. The summed E-state index contributed by atoms with van der Waals surface area (Å²) in [5, 5.41) is 0. The van der Waals surface area contributed by atoms with Crippen LogP contribution in [0.4, 0.5) is 0 Å². The lowest BCUT2D eigenvalue weighted by atomic mass is 10.0. The smallest absolute Gasteiger partial charge is 0.0701 e. The summed E-state index contributed by atoms with van der Waals surface area (Å²) in [6, 6.07) is 0. The van der Waals surface area contributed by atoms with E-state index in [1.807, 2.05) is 14.1 Å². The summed E-state index contributed by atoms with van der Waals surface area (Å²) in [4.78, 5) is 2.11. The van der Waals surface area contributed by atoms with E-state index in [1.54, 1.807) is 0 Å². The van der Waals surface area contributed by atoms with Crippen LogP contribution >= 0.6 is 0 Å². The maximum absolute atomic E-state index is 5.64. The Morgan fingerprint density at radius 2 is 0.710 bits per heavy atom. The monoisotopic (exact) mass is 445 g/mol. The van der Waals surface area contributed by atoms with Crippen molar-refractivity contribution in [2.45, 2.75) is 96.8 Å². The number of unbranched alkanes of at least 4 members (excludes halogenated alkanes) is 13. The topological polar surface area (TPSA) is 40.2 Å². The summed E-state index contributed by atoms with van der Waals surface area (Å²) in [7, 11) is 4.09. The molecule has 0 radical (unpaired) electrons. The van der Waals surface area contributed by atoms with E-state index in [0.717, 1.165) is 19.8 Å². The van der Waals surface area contributed by atoms with Crippen LogP contribution in [-0.4, -0.2) is 78.4 Å². The first-order valence-electron chi connectivity index (χ1n) is 13.2. The van der Waals surface area contributed by atoms with E-state index < -0.39 is 0 Å². The summed E-state index contributed by atoms with van der Waals surface area (Å²) in [6.07, 6.45) is 19.5. The van der Waals surface area contributed by atoms with E-state index in [2.05, 4.69) is 11.8 Å². The second kappa shape index (κ2) is 27.8. The predicted octanol–water partition coefficient (Wildman–Crippen LogP) is 6.10. The van der Waals surface area contributed by atoms with E-state index >= 15 is 0 Å². The molecule has 0 aromatic heterocycles. The molecule has 0 aliphatic rings. The Hall–Kier alpha value is -0.200. The van der Waals surface area contributed by atoms with Gasteiger partial charge in [-0.25, -0.2) is 0 Å². The molecule has 0 atom stereocenters. The van der Waals surface area contributed by atoms with E-state index in [4.69, 9.17) is 18.9 Å². The number of likely N-dealkylation sites (N-methyl/N-ethyl adjacent to an activating group) is 1. The summed E-state index contributed by atoms with van der Waals surface area (Å²) < 4.78 is 22.1. The number of hydrogen-bond donors (Lipinski definition) is 0. The van der Waals surface area contributed by atoms with Gasteiger partial charge in [-0.15, -0.1) is 0 Å². The van der Waals surface area contributed by atoms with E-state index in [-0.39, 0.29) is 0 Å². The Bertz CT molecular complexity index is 316. The van der Waals surface area contributed by atoms with Crippen molar-refractivity contribution in [1.82, 2.24) is 4.90 Å². The number of hydrogen-bond acceptors (Lipinski definition) is 5. The minimum Gasteiger partial charge on any atom is -0.379 e. The fourth-order valence-electron chi connectivity index (χ4n) is 3.41. The van der Waals surface area contributed by atoms with Gasteiger partial charge in [-0.1, -0.05) is 90.4 Å². The fraction of sp³-hybridized carbons (Fsp3) is 1.00. The highest BCUT2D eigenvalue weighted by Gasteiger charge is 1.96. The third kappa shape index (κ3) is 29.8. The second-order valence-corrected chi connectivity index (χ2v) is 8.85. The lowest BCUT2D eigenvalue weighted by Crippen LogP contribution is -2.19. The molecule has 0 rings (SSSR count). The molecule has 0 saturated carbocycles. The number of rotatable bonds is 27. The molecule has 5 nitrogen and oxygen atoms in total. The van der Waals surface area contributed by atoms with Crippen LogP contribution < -0.4 is 0 Å². The highest BCUT2D eigenvalue weighted by atomic mass is 16.6. The maximum Gasteiger partial charge on any atom is 0.0701 e. The van der Waals surface area contributed by atoms with Crippen molar-refractivity contribution in [2.24, 2.45) is 0 Å². The molecule has 31 heavy (non-hydrogen) atoms. The molecule has 0 aliphatic carbocycles. The molecule has 0 amide bonds. The van der Waals surface area contributed by atoms with Crippen LogP contribution in [0.1, 0.15) is 96.8 Å². The summed E-state index contributed by atoms with van der Waals surface area (Å²) in [5.74, 6) is 0. The normalized spacial score (nSPS) is 11.6. The highest BCUT2D eigenvalue weighted by molar-refractivity contribution is 4.49. The van der Waals surface area contributed by atoms with Gasteiger partial charge in [0.05, 0.1) is 46.2 Å². The van der Waals surface area contributed by atoms with Crippen molar-refractivity contribution < 1.29 is 18.9 Å². The highest BCUT2D eigenvalue weighted by Crippen LogP contribution is 2.12. The van der Waals surface area contributed by atoms with Gasteiger partial charge in [-0.2, -0.15) is 0 Å². The molecular weight excluding hydrogens is 390 g/mol. The van der Waals surface area contributed by atoms with Crippen LogP contribution in [0.15, 0.2) is 0 Å². The fourth-order valence-corrected chi connectivity index (χ4v) is 3.41. The molecule has 0 saturated heterocycles. The molecule has 0 heterocycles. The summed E-state index contributed by atoms with van der Waals surface area (Å²) in [6.45, 7) is 8.72. The Balaban J connectivity index is 2.99. The van der Waals surface area contributed by atoms with Crippen molar-refractivity contribution in [3.8, 4) is 0 Å². The van der Waals surface area contributed by atoms with Gasteiger partial charge in [-0.05, 0) is 20.5 Å². The first-order valence-corrected chi connectivity index (χ1v) is 13.2. The Kier molecular flexibility index (Phi) is 27.7. The van der Waals surface area contributed by atoms with Crippen molar-refractivity contribution in [3.05, 3.63) is 0 Å². The minimum absolute atomic E-state index is 0.621. The van der Waals surface area contributed by atoms with Crippen LogP contribution in [0, 0.1) is 0 Å². The van der Waals surface area contributed by atoms with Crippen LogP contribution in [0.5, 0.6) is 0 Å². The third-order valence-corrected chi connectivity index (χ3v) is 5.44. The standard InChI is InChI=1S/C26H55NO4/c1-4-5-6-7-8-9-10-11-12-13-14-15-16-17-19-28-21-23-30-25-26-31-24-22-29-20-18-27(2)3/h4-26H2,1-3H3. The molecule has 0 unspecified atom stereocenters. The van der Waals surface area contributed by atoms with Gasteiger partial charge < -0.3 is 23.8 Å². The molecule has 0 spiro atoms. The van der Waals surface area contributed by atoms with Gasteiger partial charge in [0.2, 0.25) is 0 Å². The van der Waals surface area contributed by atoms with E-state index in [0.29, 0.717) is 39.6 Å². The zero-order chi connectivity index (χ0) is 22.7. The average Bonchev–Trinajstić information content (AvgIpc) is 2.76. The predicted molar refractivity (Wildman–Crippen MR) is 132 cm³/mol. The van der Waals surface area contributed by atoms with Gasteiger partial charge in [0.25, 0.3) is 0 Å². The lowest BCUT2D eigenvalue weighted by Gasteiger charge is -2.10. The van der Waals surface area contributed by atoms with Gasteiger partial charge in [0, 0.05) is 13.2 Å². The Labute approximate surface area is 194 Å². The Morgan fingerprint density at radius 3 is 1.10 bits per heavy atom. The molecule has 0 bridgehead atoms. The van der Waals surface area contributed by atoms with Crippen molar-refractivity contribution in [1.29, 1.82) is 0 Å². The molecule has 0 aliphatic heterocycles. The lowest BCUT2D eigenvalue weighted by molar-refractivity contribution is -0.00325. The first-order chi connectivity index (χ1) is 15.3. The average molecular weight is 446 g/mol. The van der Waals surface area contributed by atoms with Crippen molar-refractivity contribution in [3.63, 3.8) is 0 Å². The van der Waals surface area contributed by atoms with E-state index in [9.17, 15) is 0 Å². The van der Waals surface area contributed by atoms with Crippen LogP contribution in [0.2, 0.25) is 0 Å². The van der Waals surface area contributed by atoms with Gasteiger partial charge in [0.1, 0.15) is 0 Å². The van der Waals surface area contributed by atoms with Crippen molar-refractivity contribution >= 4 is 0 Å². The maximum atomic E-state index is 5.64. The zero-order valence-corrected chi connectivity index (χ0v) is 21.3. The van der Waals surface area contributed by atoms with Gasteiger partial charge in [-0.3, -0.25) is 0 Å². The van der Waals surface area contributed by atoms with Crippen molar-refractivity contribution in [2.75, 3.05) is 73.5 Å². The molecule has 0 fully saturated rings. The molecule has 5 heteroatoms. The Morgan fingerprint density at radius 1 is 0.387 bits per heavy atom. The number of ether oxygens (including phenoxy) is 4. The molecule has 188 valence electrons. The molecule has 0 aromatic rings. The molecule has 0 aromatic carbocycles. The third-order valence-electron chi connectivity index (χ3n) is 5.44. The quantitative estimate of drug-likeness (QED) is 0.143. The van der Waals surface area contributed by atoms with Gasteiger partial charge >= 0.3 is 0 Å². The summed E-state index contributed by atoms with van der Waals surface area (Å²) in [5.41, 5.74) is 0. The van der Waals surface area contributed by atoms with Gasteiger partial charge in [0.15, 0.2) is 0 Å². The molecular formula is C26H55NO4. The van der Waals surface area contributed by atoms with E-state index in [1.165, 1.54) is 89.9 Å². The van der Waals surface area contributed by atoms with Crippen LogP contribution in [0.3, 0.4) is 0 Å².